The molecule has 0 radical (unpaired) electrons. The molecule has 0 saturated heterocycles. The third-order valence-corrected chi connectivity index (χ3v) is 3.60. The fraction of sp³-hybridized carbons (Fsp3) is 0.222. The third-order valence-electron chi connectivity index (χ3n) is 3.60. The van der Waals surface area contributed by atoms with Gasteiger partial charge in [0.2, 0.25) is 0 Å². The van der Waals surface area contributed by atoms with Gasteiger partial charge in [0.05, 0.1) is 22.8 Å². The summed E-state index contributed by atoms with van der Waals surface area (Å²) in [4.78, 5) is 0. The van der Waals surface area contributed by atoms with Crippen LogP contribution in [0.2, 0.25) is 0 Å². The highest BCUT2D eigenvalue weighted by Gasteiger charge is 2.15. The van der Waals surface area contributed by atoms with E-state index in [0.717, 1.165) is 35.6 Å². The zero-order valence-electron chi connectivity index (χ0n) is 12.5. The van der Waals surface area contributed by atoms with E-state index < -0.39 is 0 Å². The molecule has 0 atom stereocenters. The largest absolute Gasteiger partial charge is 0.278 e. The van der Waals surface area contributed by atoms with Gasteiger partial charge in [0.25, 0.3) is 0 Å². The molecule has 4 nitrogen and oxygen atoms in total. The Balaban J connectivity index is 1.70. The molecular formula is C18H20N4. The standard InChI is InChI=1S/C18H20N4/c1-3-9-15(10-4-1)19-21-17-13-7-8-14-18(17)22-20-16-11-5-2-6-12-16/h1-6,9-12,19-20H,7-8,13-14H2/b21-17+,22-18+. The topological polar surface area (TPSA) is 48.8 Å². The van der Waals surface area contributed by atoms with Crippen molar-refractivity contribution < 1.29 is 0 Å². The van der Waals surface area contributed by atoms with Crippen LogP contribution in [0.4, 0.5) is 11.4 Å². The summed E-state index contributed by atoms with van der Waals surface area (Å²) in [7, 11) is 0. The lowest BCUT2D eigenvalue weighted by Crippen LogP contribution is -2.21. The normalized spacial score (nSPS) is 18.4. The highest BCUT2D eigenvalue weighted by molar-refractivity contribution is 6.43. The van der Waals surface area contributed by atoms with Crippen molar-refractivity contribution in [2.75, 3.05) is 10.9 Å². The van der Waals surface area contributed by atoms with E-state index in [2.05, 4.69) is 21.1 Å². The van der Waals surface area contributed by atoms with Gasteiger partial charge in [-0.2, -0.15) is 10.2 Å². The molecular weight excluding hydrogens is 272 g/mol. The van der Waals surface area contributed by atoms with Crippen molar-refractivity contribution >= 4 is 22.8 Å². The fourth-order valence-corrected chi connectivity index (χ4v) is 2.40. The van der Waals surface area contributed by atoms with Crippen LogP contribution < -0.4 is 10.9 Å². The van der Waals surface area contributed by atoms with Crippen LogP contribution in [0.1, 0.15) is 25.7 Å². The zero-order chi connectivity index (χ0) is 15.0. The molecule has 2 N–H and O–H groups in total. The van der Waals surface area contributed by atoms with Crippen LogP contribution >= 0.6 is 0 Å². The first-order valence-corrected chi connectivity index (χ1v) is 7.67. The van der Waals surface area contributed by atoms with Gasteiger partial charge in [0.1, 0.15) is 0 Å². The maximum atomic E-state index is 4.54. The second kappa shape index (κ2) is 7.41. The van der Waals surface area contributed by atoms with Gasteiger partial charge < -0.3 is 0 Å². The van der Waals surface area contributed by atoms with Crippen LogP contribution in [0, 0.1) is 0 Å². The summed E-state index contributed by atoms with van der Waals surface area (Å²) < 4.78 is 0. The molecule has 0 spiro atoms. The number of hydrazone groups is 2. The van der Waals surface area contributed by atoms with Gasteiger partial charge in [0, 0.05) is 0 Å². The average Bonchev–Trinajstić information content (AvgIpc) is 2.61. The Hall–Kier alpha value is -2.62. The minimum atomic E-state index is 0.967. The number of anilines is 2. The summed E-state index contributed by atoms with van der Waals surface area (Å²) in [6.45, 7) is 0. The van der Waals surface area contributed by atoms with E-state index in [1.54, 1.807) is 0 Å². The van der Waals surface area contributed by atoms with Crippen molar-refractivity contribution in [3.63, 3.8) is 0 Å². The average molecular weight is 292 g/mol. The Bertz CT molecular complexity index is 588. The number of para-hydroxylation sites is 2. The molecule has 1 fully saturated rings. The van der Waals surface area contributed by atoms with Crippen molar-refractivity contribution in [1.29, 1.82) is 0 Å². The lowest BCUT2D eigenvalue weighted by atomic mass is 9.96. The molecule has 3 rings (SSSR count). The molecule has 2 aromatic carbocycles. The van der Waals surface area contributed by atoms with E-state index in [-0.39, 0.29) is 0 Å². The molecule has 1 saturated carbocycles. The minimum Gasteiger partial charge on any atom is -0.278 e. The second-order valence-corrected chi connectivity index (χ2v) is 5.28. The van der Waals surface area contributed by atoms with Crippen LogP contribution in [-0.4, -0.2) is 11.4 Å². The third kappa shape index (κ3) is 3.95. The molecule has 4 heteroatoms. The lowest BCUT2D eigenvalue weighted by molar-refractivity contribution is 0.774. The SMILES string of the molecule is c1ccc(N/N=C2\CCCC\C2=N/Nc2ccccc2)cc1. The Kier molecular flexibility index (Phi) is 4.82. The zero-order valence-corrected chi connectivity index (χ0v) is 12.5. The van der Waals surface area contributed by atoms with Crippen molar-refractivity contribution in [2.24, 2.45) is 10.2 Å². The smallest absolute Gasteiger partial charge is 0.0839 e. The fourth-order valence-electron chi connectivity index (χ4n) is 2.40. The molecule has 0 aliphatic heterocycles. The van der Waals surface area contributed by atoms with Gasteiger partial charge >= 0.3 is 0 Å². The molecule has 1 aliphatic carbocycles. The highest BCUT2D eigenvalue weighted by Crippen LogP contribution is 2.15. The van der Waals surface area contributed by atoms with Gasteiger partial charge in [-0.05, 0) is 49.9 Å². The second-order valence-electron chi connectivity index (χ2n) is 5.28. The maximum absolute atomic E-state index is 4.54. The van der Waals surface area contributed by atoms with Gasteiger partial charge in [-0.1, -0.05) is 36.4 Å². The van der Waals surface area contributed by atoms with Gasteiger partial charge in [-0.3, -0.25) is 10.9 Å². The van der Waals surface area contributed by atoms with Gasteiger partial charge in [-0.25, -0.2) is 0 Å². The number of benzene rings is 2. The van der Waals surface area contributed by atoms with Gasteiger partial charge in [-0.15, -0.1) is 0 Å². The summed E-state index contributed by atoms with van der Waals surface area (Å²) >= 11 is 0. The Morgan fingerprint density at radius 2 is 1.00 bits per heavy atom. The summed E-state index contributed by atoms with van der Waals surface area (Å²) in [5.74, 6) is 0. The van der Waals surface area contributed by atoms with E-state index in [1.807, 2.05) is 60.7 Å². The van der Waals surface area contributed by atoms with E-state index in [4.69, 9.17) is 0 Å². The summed E-state index contributed by atoms with van der Waals surface area (Å²) in [5.41, 5.74) is 10.3. The summed E-state index contributed by atoms with van der Waals surface area (Å²) in [5, 5.41) is 9.09. The van der Waals surface area contributed by atoms with Crippen molar-refractivity contribution in [3.05, 3.63) is 60.7 Å². The number of hydrogen-bond donors (Lipinski definition) is 2. The number of rotatable bonds is 4. The maximum Gasteiger partial charge on any atom is 0.0839 e. The molecule has 22 heavy (non-hydrogen) atoms. The number of hydrogen-bond acceptors (Lipinski definition) is 4. The predicted octanol–water partition coefficient (Wildman–Crippen LogP) is 4.50. The first-order chi connectivity index (χ1) is 10.9. The molecule has 0 bridgehead atoms. The van der Waals surface area contributed by atoms with E-state index >= 15 is 0 Å². The van der Waals surface area contributed by atoms with E-state index in [1.165, 1.54) is 12.8 Å². The quantitative estimate of drug-likeness (QED) is 0.815. The van der Waals surface area contributed by atoms with Crippen LogP contribution in [0.15, 0.2) is 70.9 Å². The first-order valence-electron chi connectivity index (χ1n) is 7.67. The summed E-state index contributed by atoms with van der Waals surface area (Å²) in [6, 6.07) is 20.0. The van der Waals surface area contributed by atoms with Crippen LogP contribution in [0.5, 0.6) is 0 Å². The Labute approximate surface area is 131 Å². The Morgan fingerprint density at radius 1 is 0.591 bits per heavy atom. The molecule has 112 valence electrons. The van der Waals surface area contributed by atoms with Crippen molar-refractivity contribution in [1.82, 2.24) is 0 Å². The number of nitrogens with one attached hydrogen (secondary N) is 2. The molecule has 0 unspecified atom stereocenters. The highest BCUT2D eigenvalue weighted by atomic mass is 15.3. The molecule has 2 aromatic rings. The molecule has 0 aromatic heterocycles. The predicted molar refractivity (Wildman–Crippen MR) is 93.5 cm³/mol. The molecule has 0 heterocycles. The van der Waals surface area contributed by atoms with Crippen molar-refractivity contribution in [3.8, 4) is 0 Å². The van der Waals surface area contributed by atoms with Gasteiger partial charge in [0.15, 0.2) is 0 Å². The molecule has 1 aliphatic rings. The van der Waals surface area contributed by atoms with E-state index in [9.17, 15) is 0 Å². The monoisotopic (exact) mass is 292 g/mol. The van der Waals surface area contributed by atoms with E-state index in [0.29, 0.717) is 0 Å². The summed E-state index contributed by atoms with van der Waals surface area (Å²) in [6.07, 6.45) is 4.27. The van der Waals surface area contributed by atoms with Crippen LogP contribution in [-0.2, 0) is 0 Å². The molecule has 0 amide bonds. The lowest BCUT2D eigenvalue weighted by Gasteiger charge is -2.16. The Morgan fingerprint density at radius 3 is 1.41 bits per heavy atom. The van der Waals surface area contributed by atoms with Crippen LogP contribution in [0.25, 0.3) is 0 Å². The van der Waals surface area contributed by atoms with Crippen LogP contribution in [0.3, 0.4) is 0 Å². The first kappa shape index (κ1) is 14.3. The number of nitrogens with zero attached hydrogens (tertiary/aromatic N) is 2. The van der Waals surface area contributed by atoms with Crippen molar-refractivity contribution in [2.45, 2.75) is 25.7 Å². The minimum absolute atomic E-state index is 0.967.